The highest BCUT2D eigenvalue weighted by atomic mass is 32.2. The lowest BCUT2D eigenvalue weighted by Crippen LogP contribution is -2.44. The summed E-state index contributed by atoms with van der Waals surface area (Å²) in [6.45, 7) is 2.37. The van der Waals surface area contributed by atoms with Gasteiger partial charge in [-0.2, -0.15) is 9.13 Å². The lowest BCUT2D eigenvalue weighted by atomic mass is 9.93. The van der Waals surface area contributed by atoms with Gasteiger partial charge in [-0.1, -0.05) is 42.8 Å². The van der Waals surface area contributed by atoms with Gasteiger partial charge in [-0.3, -0.25) is 0 Å². The number of aryl methyl sites for hydroxylation is 2. The van der Waals surface area contributed by atoms with Crippen molar-refractivity contribution in [3.8, 4) is 11.4 Å². The zero-order valence-corrected chi connectivity index (χ0v) is 19.1. The minimum Gasteiger partial charge on any atom is -0.180 e. The summed E-state index contributed by atoms with van der Waals surface area (Å²) in [6.07, 6.45) is 14.9. The topological polar surface area (TPSA) is 7.76 Å². The number of fused-ring (bicyclic) bond motifs is 6. The lowest BCUT2D eigenvalue weighted by Gasteiger charge is -2.16. The molecule has 0 saturated carbocycles. The minimum atomic E-state index is 1.18. The molecule has 4 heterocycles. The average molecular weight is 425 g/mol. The molecule has 29 heavy (non-hydrogen) atoms. The zero-order valence-electron chi connectivity index (χ0n) is 17.5. The van der Waals surface area contributed by atoms with Gasteiger partial charge in [0.25, 0.3) is 11.4 Å². The molecule has 4 aliphatic rings. The molecule has 0 saturated heterocycles. The largest absolute Gasteiger partial charge is 0.278 e. The summed E-state index contributed by atoms with van der Waals surface area (Å²) in [4.78, 5) is 0. The van der Waals surface area contributed by atoms with Gasteiger partial charge >= 0.3 is 0 Å². The van der Waals surface area contributed by atoms with Gasteiger partial charge in [0.1, 0.15) is 0 Å². The van der Waals surface area contributed by atoms with E-state index >= 15 is 0 Å². The van der Waals surface area contributed by atoms with Crippen LogP contribution < -0.4 is 9.13 Å². The third kappa shape index (κ3) is 3.26. The maximum absolute atomic E-state index is 2.69. The number of hydrogen-bond acceptors (Lipinski definition) is 2. The Morgan fingerprint density at radius 1 is 0.552 bits per heavy atom. The summed E-state index contributed by atoms with van der Waals surface area (Å²) in [7, 11) is 0. The molecular weight excluding hydrogens is 392 g/mol. The van der Waals surface area contributed by atoms with Gasteiger partial charge in [-0.25, -0.2) is 0 Å². The normalized spacial score (nSPS) is 20.8. The maximum atomic E-state index is 2.69. The molecule has 2 aromatic heterocycles. The van der Waals surface area contributed by atoms with Crippen LogP contribution in [0, 0.1) is 0 Å². The third-order valence-corrected chi connectivity index (χ3v) is 9.60. The molecule has 0 fully saturated rings. The molecule has 0 atom stereocenters. The van der Waals surface area contributed by atoms with Crippen LogP contribution >= 0.6 is 23.5 Å². The first-order chi connectivity index (χ1) is 14.4. The van der Waals surface area contributed by atoms with Crippen LogP contribution in [-0.4, -0.2) is 11.5 Å². The van der Waals surface area contributed by atoms with Crippen molar-refractivity contribution in [2.45, 2.75) is 93.8 Å². The Morgan fingerprint density at radius 2 is 1.00 bits per heavy atom. The first kappa shape index (κ1) is 18.7. The van der Waals surface area contributed by atoms with Crippen LogP contribution in [0.15, 0.2) is 22.2 Å². The fraction of sp³-hybridized carbons (Fsp3) is 0.600. The smallest absolute Gasteiger partial charge is 0.180 e. The number of pyridine rings is 2. The van der Waals surface area contributed by atoms with Gasteiger partial charge in [0.05, 0.1) is 11.5 Å². The van der Waals surface area contributed by atoms with E-state index in [1.54, 1.807) is 32.3 Å². The molecule has 0 radical (unpaired) electrons. The number of thioether (sulfide) groups is 2. The second-order valence-corrected chi connectivity index (χ2v) is 11.3. The Kier molecular flexibility index (Phi) is 5.12. The summed E-state index contributed by atoms with van der Waals surface area (Å²) in [5.41, 5.74) is 9.73. The predicted octanol–water partition coefficient (Wildman–Crippen LogP) is 5.07. The highest BCUT2D eigenvalue weighted by Crippen LogP contribution is 2.37. The first-order valence-corrected chi connectivity index (χ1v) is 13.8. The molecule has 4 heteroatoms. The van der Waals surface area contributed by atoms with Gasteiger partial charge in [0.15, 0.2) is 13.1 Å². The van der Waals surface area contributed by atoms with E-state index in [1.807, 2.05) is 0 Å². The molecule has 0 aromatic carbocycles. The molecule has 2 aliphatic heterocycles. The highest BCUT2D eigenvalue weighted by Gasteiger charge is 2.38. The van der Waals surface area contributed by atoms with Gasteiger partial charge in [0.2, 0.25) is 10.1 Å². The van der Waals surface area contributed by atoms with Gasteiger partial charge in [-0.05, 0) is 62.5 Å². The molecule has 152 valence electrons. The van der Waals surface area contributed by atoms with Crippen LogP contribution in [0.2, 0.25) is 0 Å². The second kappa shape index (κ2) is 7.92. The van der Waals surface area contributed by atoms with Crippen molar-refractivity contribution in [1.82, 2.24) is 0 Å². The minimum absolute atomic E-state index is 1.18. The monoisotopic (exact) mass is 424 g/mol. The van der Waals surface area contributed by atoms with E-state index in [0.29, 0.717) is 0 Å². The Balaban J connectivity index is 1.56. The van der Waals surface area contributed by atoms with Crippen LogP contribution in [0.25, 0.3) is 11.4 Å². The zero-order chi connectivity index (χ0) is 19.2. The maximum Gasteiger partial charge on any atom is 0.278 e. The summed E-state index contributed by atoms with van der Waals surface area (Å²) >= 11 is 4.24. The van der Waals surface area contributed by atoms with E-state index in [-0.39, 0.29) is 0 Å². The van der Waals surface area contributed by atoms with Crippen LogP contribution in [0.4, 0.5) is 0 Å². The van der Waals surface area contributed by atoms with Crippen molar-refractivity contribution in [1.29, 1.82) is 0 Å². The molecule has 0 amide bonds. The van der Waals surface area contributed by atoms with Crippen molar-refractivity contribution < 1.29 is 9.13 Å². The second-order valence-electron chi connectivity index (χ2n) is 9.15. The predicted molar refractivity (Wildman–Crippen MR) is 121 cm³/mol. The summed E-state index contributed by atoms with van der Waals surface area (Å²) < 4.78 is 5.38. The molecule has 0 unspecified atom stereocenters. The van der Waals surface area contributed by atoms with E-state index in [4.69, 9.17) is 0 Å². The van der Waals surface area contributed by atoms with E-state index < -0.39 is 0 Å². The highest BCUT2D eigenvalue weighted by molar-refractivity contribution is 7.99. The van der Waals surface area contributed by atoms with E-state index in [2.05, 4.69) is 44.8 Å². The molecule has 0 N–H and O–H groups in total. The first-order valence-electron chi connectivity index (χ1n) is 11.8. The molecule has 2 aliphatic carbocycles. The molecular formula is C25H32N2S2+2. The Bertz CT molecular complexity index is 966. The standard InChI is InChI=1S/C25H32N2S2/c1-2-6-10-20-18(8-4-1)16-22(26-12-14-28-24(20)26)23-17-19-9-5-3-7-11-21(19)25-27(23)13-15-29-25/h16-17H,1-15H2/q+2. The average Bonchev–Trinajstić information content (AvgIpc) is 3.33. The van der Waals surface area contributed by atoms with E-state index in [1.165, 1.54) is 107 Å². The van der Waals surface area contributed by atoms with E-state index in [9.17, 15) is 0 Å². The van der Waals surface area contributed by atoms with Crippen LogP contribution in [0.1, 0.15) is 67.2 Å². The molecule has 0 spiro atoms. The summed E-state index contributed by atoms with van der Waals surface area (Å²) in [6, 6.07) is 5.22. The van der Waals surface area contributed by atoms with Gasteiger partial charge in [0, 0.05) is 23.3 Å². The quantitative estimate of drug-likeness (QED) is 0.466. The van der Waals surface area contributed by atoms with Gasteiger partial charge in [-0.15, -0.1) is 0 Å². The van der Waals surface area contributed by atoms with Crippen LogP contribution in [-0.2, 0) is 38.8 Å². The molecule has 0 bridgehead atoms. The Hall–Kier alpha value is -1.000. The number of nitrogens with zero attached hydrogens (tertiary/aromatic N) is 2. The SMILES string of the molecule is c1c2c(c3[n+](c1-c1cc4c(c5[n+]1CCS5)CCCCC4)CCS3)CCCCCC2. The van der Waals surface area contributed by atoms with Crippen molar-refractivity contribution in [2.75, 3.05) is 11.5 Å². The molecule has 2 aromatic rings. The summed E-state index contributed by atoms with van der Waals surface area (Å²) in [5.74, 6) is 2.49. The van der Waals surface area contributed by atoms with Crippen molar-refractivity contribution in [3.63, 3.8) is 0 Å². The Labute approximate surface area is 183 Å². The molecule has 2 nitrogen and oxygen atoms in total. The number of aromatic nitrogens is 2. The van der Waals surface area contributed by atoms with Gasteiger partial charge < -0.3 is 0 Å². The van der Waals surface area contributed by atoms with E-state index in [0.717, 1.165) is 0 Å². The van der Waals surface area contributed by atoms with Crippen LogP contribution in [0.5, 0.6) is 0 Å². The number of hydrogen-bond donors (Lipinski definition) is 0. The van der Waals surface area contributed by atoms with Crippen molar-refractivity contribution in [3.05, 3.63) is 34.4 Å². The fourth-order valence-electron chi connectivity index (χ4n) is 5.89. The molecule has 6 rings (SSSR count). The lowest BCUT2D eigenvalue weighted by molar-refractivity contribution is -0.741. The Morgan fingerprint density at radius 3 is 1.52 bits per heavy atom. The van der Waals surface area contributed by atoms with Crippen molar-refractivity contribution >= 4 is 23.5 Å². The van der Waals surface area contributed by atoms with Crippen molar-refractivity contribution in [2.24, 2.45) is 0 Å². The van der Waals surface area contributed by atoms with Crippen LogP contribution in [0.3, 0.4) is 0 Å². The fourth-order valence-corrected chi connectivity index (χ4v) is 8.33. The summed E-state index contributed by atoms with van der Waals surface area (Å²) in [5, 5.41) is 3.21. The number of rotatable bonds is 1. The third-order valence-electron chi connectivity index (χ3n) is 7.35.